The monoisotopic (exact) mass is 456 g/mol. The molecule has 0 aliphatic rings. The normalized spacial score (nSPS) is 11.6. The SMILES string of the molecule is O=C(c1cc(Cl)c(Cl)cc1Cl)C(Br)(Br)Br. The highest BCUT2D eigenvalue weighted by Crippen LogP contribution is 2.40. The average Bonchev–Trinajstić information content (AvgIpc) is 2.08. The van der Waals surface area contributed by atoms with Crippen molar-refractivity contribution in [3.05, 3.63) is 32.8 Å². The van der Waals surface area contributed by atoms with Gasteiger partial charge in [0.2, 0.25) is 5.78 Å². The Labute approximate surface area is 127 Å². The molecule has 82 valence electrons. The van der Waals surface area contributed by atoms with Gasteiger partial charge in [-0.2, -0.15) is 0 Å². The molecular formula is C8H2Br3Cl3O. The van der Waals surface area contributed by atoms with Crippen molar-refractivity contribution in [3.8, 4) is 0 Å². The van der Waals surface area contributed by atoms with Crippen molar-refractivity contribution in [2.24, 2.45) is 0 Å². The van der Waals surface area contributed by atoms with Gasteiger partial charge >= 0.3 is 0 Å². The first-order chi connectivity index (χ1) is 6.73. The predicted molar refractivity (Wildman–Crippen MR) is 75.3 cm³/mol. The van der Waals surface area contributed by atoms with Crippen LogP contribution in [0.3, 0.4) is 0 Å². The molecule has 0 aromatic heterocycles. The molecular weight excluding hydrogens is 458 g/mol. The molecule has 0 saturated heterocycles. The van der Waals surface area contributed by atoms with Gasteiger partial charge in [0.1, 0.15) is 0 Å². The van der Waals surface area contributed by atoms with E-state index in [9.17, 15) is 4.79 Å². The van der Waals surface area contributed by atoms with Gasteiger partial charge in [0.25, 0.3) is 0 Å². The van der Waals surface area contributed by atoms with Crippen LogP contribution in [0.1, 0.15) is 10.4 Å². The molecule has 0 heterocycles. The Hall–Kier alpha value is 1.20. The van der Waals surface area contributed by atoms with Crippen molar-refractivity contribution >= 4 is 88.4 Å². The van der Waals surface area contributed by atoms with Gasteiger partial charge in [-0.1, -0.05) is 82.6 Å². The molecule has 0 N–H and O–H groups in total. The van der Waals surface area contributed by atoms with E-state index >= 15 is 0 Å². The fourth-order valence-electron chi connectivity index (χ4n) is 0.849. The Morgan fingerprint density at radius 2 is 1.47 bits per heavy atom. The Morgan fingerprint density at radius 1 is 1.00 bits per heavy atom. The molecule has 15 heavy (non-hydrogen) atoms. The highest BCUT2D eigenvalue weighted by Gasteiger charge is 2.31. The summed E-state index contributed by atoms with van der Waals surface area (Å²) in [6, 6.07) is 2.85. The molecule has 0 saturated carbocycles. The lowest BCUT2D eigenvalue weighted by Crippen LogP contribution is -2.17. The van der Waals surface area contributed by atoms with Gasteiger partial charge in [-0.15, -0.1) is 0 Å². The van der Waals surface area contributed by atoms with E-state index in [1.54, 1.807) is 0 Å². The second-order valence-electron chi connectivity index (χ2n) is 2.57. The summed E-state index contributed by atoms with van der Waals surface area (Å²) >= 11 is 26.7. The summed E-state index contributed by atoms with van der Waals surface area (Å²) in [5.41, 5.74) is 0.275. The molecule has 0 unspecified atom stereocenters. The minimum Gasteiger partial charge on any atom is -0.291 e. The zero-order chi connectivity index (χ0) is 11.8. The summed E-state index contributed by atoms with van der Waals surface area (Å²) in [5.74, 6) is -0.300. The van der Waals surface area contributed by atoms with E-state index in [4.69, 9.17) is 34.8 Å². The molecule has 0 radical (unpaired) electrons. The van der Waals surface area contributed by atoms with Gasteiger partial charge in [-0.3, -0.25) is 4.79 Å². The van der Waals surface area contributed by atoms with Gasteiger partial charge in [0.05, 0.1) is 15.1 Å². The van der Waals surface area contributed by atoms with E-state index in [2.05, 4.69) is 47.8 Å². The summed E-state index contributed by atoms with van der Waals surface area (Å²) in [6.07, 6.45) is 0. The molecule has 0 amide bonds. The topological polar surface area (TPSA) is 17.1 Å². The van der Waals surface area contributed by atoms with Crippen LogP contribution in [0, 0.1) is 0 Å². The lowest BCUT2D eigenvalue weighted by atomic mass is 10.1. The van der Waals surface area contributed by atoms with Crippen molar-refractivity contribution in [2.75, 3.05) is 0 Å². The molecule has 0 spiro atoms. The largest absolute Gasteiger partial charge is 0.291 e. The number of carbonyl (C=O) groups excluding carboxylic acids is 1. The zero-order valence-electron chi connectivity index (χ0n) is 6.83. The number of Topliss-reactive ketones (excluding diaryl/α,β-unsaturated/α-hetero) is 1. The van der Waals surface area contributed by atoms with Crippen LogP contribution in [0.2, 0.25) is 15.1 Å². The van der Waals surface area contributed by atoms with Crippen molar-refractivity contribution in [3.63, 3.8) is 0 Å². The van der Waals surface area contributed by atoms with E-state index in [1.165, 1.54) is 12.1 Å². The number of hydrogen-bond acceptors (Lipinski definition) is 1. The number of halogens is 6. The highest BCUT2D eigenvalue weighted by molar-refractivity contribution is 9.40. The first-order valence-electron chi connectivity index (χ1n) is 3.49. The van der Waals surface area contributed by atoms with Crippen molar-refractivity contribution < 1.29 is 4.79 Å². The van der Waals surface area contributed by atoms with Crippen LogP contribution in [-0.2, 0) is 0 Å². The number of hydrogen-bond donors (Lipinski definition) is 0. The van der Waals surface area contributed by atoms with Gasteiger partial charge in [0.15, 0.2) is 2.14 Å². The van der Waals surface area contributed by atoms with Gasteiger partial charge in [0, 0.05) is 5.56 Å². The minimum absolute atomic E-state index is 0.247. The van der Waals surface area contributed by atoms with Crippen molar-refractivity contribution in [1.29, 1.82) is 0 Å². The van der Waals surface area contributed by atoms with Crippen molar-refractivity contribution in [1.82, 2.24) is 0 Å². The summed E-state index contributed by atoms with van der Waals surface area (Å²) < 4.78 is -1.05. The molecule has 7 heteroatoms. The minimum atomic E-state index is -1.05. The Balaban J connectivity index is 3.28. The fourth-order valence-corrected chi connectivity index (χ4v) is 2.12. The van der Waals surface area contributed by atoms with E-state index in [1.807, 2.05) is 0 Å². The molecule has 1 rings (SSSR count). The third-order valence-corrected chi connectivity index (χ3v) is 3.63. The van der Waals surface area contributed by atoms with E-state index in [-0.39, 0.29) is 21.4 Å². The van der Waals surface area contributed by atoms with Crippen LogP contribution in [0.25, 0.3) is 0 Å². The maximum atomic E-state index is 11.8. The third-order valence-electron chi connectivity index (χ3n) is 1.51. The Morgan fingerprint density at radius 3 is 1.93 bits per heavy atom. The van der Waals surface area contributed by atoms with E-state index in [0.29, 0.717) is 5.02 Å². The van der Waals surface area contributed by atoms with Crippen LogP contribution >= 0.6 is 82.6 Å². The summed E-state index contributed by atoms with van der Waals surface area (Å²) in [4.78, 5) is 11.8. The number of benzene rings is 1. The average molecular weight is 460 g/mol. The molecule has 1 aromatic carbocycles. The zero-order valence-corrected chi connectivity index (χ0v) is 13.9. The Bertz CT molecular complexity index is 414. The third kappa shape index (κ3) is 3.58. The van der Waals surface area contributed by atoms with Crippen LogP contribution in [-0.4, -0.2) is 7.93 Å². The van der Waals surface area contributed by atoms with Crippen LogP contribution in [0.15, 0.2) is 12.1 Å². The fraction of sp³-hybridized carbons (Fsp3) is 0.125. The molecule has 1 nitrogen and oxygen atoms in total. The summed E-state index contributed by atoms with van der Waals surface area (Å²) in [5, 5.41) is 0.834. The predicted octanol–water partition coefficient (Wildman–Crippen LogP) is 5.67. The molecule has 0 aliphatic carbocycles. The molecule has 0 aliphatic heterocycles. The molecule has 1 aromatic rings. The summed E-state index contributed by atoms with van der Waals surface area (Å²) in [7, 11) is 0. The molecule has 0 atom stereocenters. The number of ketones is 1. The maximum Gasteiger partial charge on any atom is 0.202 e. The molecule has 0 fully saturated rings. The lowest BCUT2D eigenvalue weighted by Gasteiger charge is -2.12. The molecule has 0 bridgehead atoms. The van der Waals surface area contributed by atoms with Crippen LogP contribution in [0.5, 0.6) is 0 Å². The number of rotatable bonds is 1. The lowest BCUT2D eigenvalue weighted by molar-refractivity contribution is 0.101. The van der Waals surface area contributed by atoms with Gasteiger partial charge < -0.3 is 0 Å². The maximum absolute atomic E-state index is 11.8. The second kappa shape index (κ2) is 5.23. The smallest absolute Gasteiger partial charge is 0.202 e. The van der Waals surface area contributed by atoms with E-state index < -0.39 is 2.14 Å². The van der Waals surface area contributed by atoms with Gasteiger partial charge in [-0.05, 0) is 12.1 Å². The number of alkyl halides is 3. The highest BCUT2D eigenvalue weighted by atomic mass is 80.0. The number of carbonyl (C=O) groups is 1. The quantitative estimate of drug-likeness (QED) is 0.300. The Kier molecular flexibility index (Phi) is 4.98. The van der Waals surface area contributed by atoms with Crippen LogP contribution < -0.4 is 0 Å². The first kappa shape index (κ1) is 14.3. The van der Waals surface area contributed by atoms with Gasteiger partial charge in [-0.25, -0.2) is 0 Å². The standard InChI is InChI=1S/C8H2Br3Cl3O/c9-8(10,11)7(15)3-1-5(13)6(14)2-4(3)12/h1-2H. The van der Waals surface area contributed by atoms with Crippen LogP contribution in [0.4, 0.5) is 0 Å². The first-order valence-corrected chi connectivity index (χ1v) is 7.01. The summed E-state index contributed by atoms with van der Waals surface area (Å²) in [6.45, 7) is 0. The second-order valence-corrected chi connectivity index (χ2v) is 10.6. The van der Waals surface area contributed by atoms with E-state index in [0.717, 1.165) is 0 Å². The van der Waals surface area contributed by atoms with Crippen molar-refractivity contribution in [2.45, 2.75) is 2.14 Å².